The summed E-state index contributed by atoms with van der Waals surface area (Å²) in [6.45, 7) is 0. The molecule has 0 aromatic heterocycles. The van der Waals surface area contributed by atoms with Crippen LogP contribution in [0.15, 0.2) is 30.3 Å². The average molecular weight is 283 g/mol. The van der Waals surface area contributed by atoms with Crippen molar-refractivity contribution in [3.05, 3.63) is 58.4 Å². The Hall–Kier alpha value is -2.19. The third-order valence-electron chi connectivity index (χ3n) is 2.34. The van der Waals surface area contributed by atoms with E-state index in [0.29, 0.717) is 0 Å². The molecule has 0 fully saturated rings. The number of halogens is 4. The van der Waals surface area contributed by atoms with E-state index in [-0.39, 0.29) is 16.4 Å². The topological polar surface area (TPSA) is 35.8 Å². The molecule has 0 atom stereocenters. The Bertz CT molecular complexity index is 660. The van der Waals surface area contributed by atoms with E-state index >= 15 is 0 Å². The number of hydrogen-bond donors (Lipinski definition) is 1. The third kappa shape index (κ3) is 2.80. The molecule has 2 aromatic carbocycles. The number of benzene rings is 2. The zero-order chi connectivity index (χ0) is 14.0. The highest BCUT2D eigenvalue weighted by Gasteiger charge is 2.13. The van der Waals surface area contributed by atoms with Crippen LogP contribution in [0.1, 0.15) is 5.56 Å². The first-order valence-electron chi connectivity index (χ1n) is 5.12. The maximum absolute atomic E-state index is 13.6. The van der Waals surface area contributed by atoms with E-state index in [1.54, 1.807) is 0 Å². The molecule has 2 aromatic rings. The molecule has 0 heterocycles. The van der Waals surface area contributed by atoms with Gasteiger partial charge in [0.15, 0.2) is 11.6 Å². The Kier molecular flexibility index (Phi) is 3.63. The molecule has 1 N–H and O–H groups in total. The predicted molar refractivity (Wildman–Crippen MR) is 65.8 cm³/mol. The predicted octanol–water partition coefficient (Wildman–Crippen LogP) is 4.37. The zero-order valence-corrected chi connectivity index (χ0v) is 10.1. The second-order valence-corrected chi connectivity index (χ2v) is 4.12. The lowest BCUT2D eigenvalue weighted by molar-refractivity contribution is 0.509. The minimum atomic E-state index is -1.25. The molecule has 0 amide bonds. The van der Waals surface area contributed by atoms with Crippen molar-refractivity contribution in [1.82, 2.24) is 0 Å². The van der Waals surface area contributed by atoms with Crippen molar-refractivity contribution in [1.29, 1.82) is 5.26 Å². The SMILES string of the molecule is N#Cc1ccc(Nc2cc(F)cc(Cl)c2)c(F)c1F. The minimum Gasteiger partial charge on any atom is -0.353 e. The second-order valence-electron chi connectivity index (χ2n) is 3.68. The lowest BCUT2D eigenvalue weighted by atomic mass is 10.2. The Balaban J connectivity index is 2.39. The minimum absolute atomic E-state index is 0.122. The van der Waals surface area contributed by atoms with Crippen molar-refractivity contribution >= 4 is 23.0 Å². The second kappa shape index (κ2) is 5.21. The molecule has 0 aliphatic carbocycles. The molecule has 2 rings (SSSR count). The van der Waals surface area contributed by atoms with Crippen LogP contribution in [0.25, 0.3) is 0 Å². The van der Waals surface area contributed by atoms with Gasteiger partial charge in [0.1, 0.15) is 11.9 Å². The molecule has 6 heteroatoms. The molecule has 0 saturated carbocycles. The maximum atomic E-state index is 13.6. The molecule has 2 nitrogen and oxygen atoms in total. The van der Waals surface area contributed by atoms with E-state index in [9.17, 15) is 13.2 Å². The number of hydrogen-bond acceptors (Lipinski definition) is 2. The van der Waals surface area contributed by atoms with Crippen LogP contribution in [-0.2, 0) is 0 Å². The molecular formula is C13H6ClF3N2. The van der Waals surface area contributed by atoms with Gasteiger partial charge in [0.25, 0.3) is 0 Å². The van der Waals surface area contributed by atoms with E-state index in [1.807, 2.05) is 0 Å². The standard InChI is InChI=1S/C13H6ClF3N2/c14-8-3-9(15)5-10(4-8)19-11-2-1-7(6-18)12(16)13(11)17/h1-5,19H. The van der Waals surface area contributed by atoms with Crippen LogP contribution >= 0.6 is 11.6 Å². The van der Waals surface area contributed by atoms with E-state index in [1.165, 1.54) is 18.2 Å². The third-order valence-corrected chi connectivity index (χ3v) is 2.56. The molecule has 0 aliphatic rings. The van der Waals surface area contributed by atoms with Crippen molar-refractivity contribution in [3.8, 4) is 6.07 Å². The molecule has 0 radical (unpaired) electrons. The van der Waals surface area contributed by atoms with Crippen LogP contribution in [-0.4, -0.2) is 0 Å². The van der Waals surface area contributed by atoms with Gasteiger partial charge in [-0.05, 0) is 30.3 Å². The Morgan fingerprint density at radius 2 is 1.79 bits per heavy atom. The molecule has 96 valence electrons. The number of nitrogens with one attached hydrogen (secondary N) is 1. The van der Waals surface area contributed by atoms with E-state index in [2.05, 4.69) is 5.32 Å². The fourth-order valence-corrected chi connectivity index (χ4v) is 1.74. The van der Waals surface area contributed by atoms with Gasteiger partial charge in [-0.3, -0.25) is 0 Å². The van der Waals surface area contributed by atoms with Gasteiger partial charge in [0, 0.05) is 10.7 Å². The van der Waals surface area contributed by atoms with Crippen LogP contribution in [0.2, 0.25) is 5.02 Å². The highest BCUT2D eigenvalue weighted by molar-refractivity contribution is 6.30. The smallest absolute Gasteiger partial charge is 0.183 e. The summed E-state index contributed by atoms with van der Waals surface area (Å²) in [6, 6.07) is 7.37. The molecule has 19 heavy (non-hydrogen) atoms. The van der Waals surface area contributed by atoms with Crippen molar-refractivity contribution in [2.75, 3.05) is 5.32 Å². The van der Waals surface area contributed by atoms with Gasteiger partial charge < -0.3 is 5.32 Å². The van der Waals surface area contributed by atoms with Gasteiger partial charge >= 0.3 is 0 Å². The normalized spacial score (nSPS) is 10.1. The van der Waals surface area contributed by atoms with Crippen molar-refractivity contribution in [3.63, 3.8) is 0 Å². The van der Waals surface area contributed by atoms with Gasteiger partial charge in [-0.2, -0.15) is 5.26 Å². The fraction of sp³-hybridized carbons (Fsp3) is 0. The van der Waals surface area contributed by atoms with Crippen LogP contribution in [0.3, 0.4) is 0 Å². The Labute approximate surface area is 112 Å². The van der Waals surface area contributed by atoms with E-state index < -0.39 is 23.0 Å². The first-order valence-corrected chi connectivity index (χ1v) is 5.50. The summed E-state index contributed by atoms with van der Waals surface area (Å²) in [5, 5.41) is 11.2. The molecule has 0 spiro atoms. The van der Waals surface area contributed by atoms with Gasteiger partial charge in [-0.1, -0.05) is 11.6 Å². The van der Waals surface area contributed by atoms with Gasteiger partial charge in [0.05, 0.1) is 11.3 Å². The quantitative estimate of drug-likeness (QED) is 0.887. The molecule has 0 saturated heterocycles. The summed E-state index contributed by atoms with van der Waals surface area (Å²) in [6.07, 6.45) is 0. The number of rotatable bonds is 2. The fourth-order valence-electron chi connectivity index (χ4n) is 1.51. The first-order chi connectivity index (χ1) is 9.01. The maximum Gasteiger partial charge on any atom is 0.183 e. The number of nitriles is 1. The van der Waals surface area contributed by atoms with Crippen LogP contribution < -0.4 is 5.32 Å². The van der Waals surface area contributed by atoms with Gasteiger partial charge in [0.2, 0.25) is 0 Å². The van der Waals surface area contributed by atoms with Crippen LogP contribution in [0, 0.1) is 28.8 Å². The summed E-state index contributed by atoms with van der Waals surface area (Å²) < 4.78 is 40.1. The largest absolute Gasteiger partial charge is 0.353 e. The lowest BCUT2D eigenvalue weighted by Crippen LogP contribution is -1.99. The molecular weight excluding hydrogens is 277 g/mol. The highest BCUT2D eigenvalue weighted by atomic mass is 35.5. The Morgan fingerprint density at radius 1 is 1.05 bits per heavy atom. The monoisotopic (exact) mass is 282 g/mol. The summed E-state index contributed by atoms with van der Waals surface area (Å²) >= 11 is 5.64. The van der Waals surface area contributed by atoms with Crippen molar-refractivity contribution < 1.29 is 13.2 Å². The van der Waals surface area contributed by atoms with Crippen LogP contribution in [0.5, 0.6) is 0 Å². The Morgan fingerprint density at radius 3 is 2.42 bits per heavy atom. The number of anilines is 2. The molecule has 0 unspecified atom stereocenters. The first kappa shape index (κ1) is 13.2. The van der Waals surface area contributed by atoms with Crippen molar-refractivity contribution in [2.45, 2.75) is 0 Å². The zero-order valence-electron chi connectivity index (χ0n) is 9.35. The summed E-state index contributed by atoms with van der Waals surface area (Å²) in [4.78, 5) is 0. The van der Waals surface area contributed by atoms with Gasteiger partial charge in [-0.15, -0.1) is 0 Å². The number of nitrogens with zero attached hydrogens (tertiary/aromatic N) is 1. The van der Waals surface area contributed by atoms with E-state index in [4.69, 9.17) is 16.9 Å². The molecule has 0 aliphatic heterocycles. The van der Waals surface area contributed by atoms with Gasteiger partial charge in [-0.25, -0.2) is 13.2 Å². The van der Waals surface area contributed by atoms with Crippen LogP contribution in [0.4, 0.5) is 24.5 Å². The average Bonchev–Trinajstić information content (AvgIpc) is 2.34. The summed E-state index contributed by atoms with van der Waals surface area (Å²) in [5.41, 5.74) is -0.438. The van der Waals surface area contributed by atoms with E-state index in [0.717, 1.165) is 18.2 Å². The highest BCUT2D eigenvalue weighted by Crippen LogP contribution is 2.26. The van der Waals surface area contributed by atoms with Crippen molar-refractivity contribution in [2.24, 2.45) is 0 Å². The lowest BCUT2D eigenvalue weighted by Gasteiger charge is -2.09. The molecule has 0 bridgehead atoms. The summed E-state index contributed by atoms with van der Waals surface area (Å²) in [7, 11) is 0. The summed E-state index contributed by atoms with van der Waals surface area (Å²) in [5.74, 6) is -3.07.